The summed E-state index contributed by atoms with van der Waals surface area (Å²) in [6, 6.07) is 0. The molecule has 0 rings (SSSR count). The van der Waals surface area contributed by atoms with E-state index in [0.29, 0.717) is 13.0 Å². The van der Waals surface area contributed by atoms with E-state index < -0.39 is 0 Å². The monoisotopic (exact) mass is 206 g/mol. The van der Waals surface area contributed by atoms with Gasteiger partial charge in [-0.2, -0.15) is 0 Å². The first kappa shape index (κ1) is 9.69. The molecule has 0 N–H and O–H groups in total. The highest BCUT2D eigenvalue weighted by Crippen LogP contribution is 2.09. The number of hydrogen-bond donors (Lipinski definition) is 0. The summed E-state index contributed by atoms with van der Waals surface area (Å²) in [5.41, 5.74) is 0. The van der Waals surface area contributed by atoms with Gasteiger partial charge in [0.25, 0.3) is 0 Å². The average molecular weight is 207 g/mol. The first-order valence-electron chi connectivity index (χ1n) is 3.17. The molecule has 58 valence electrons. The molecule has 0 spiro atoms. The van der Waals surface area contributed by atoms with Crippen molar-refractivity contribution in [2.75, 3.05) is 6.61 Å². The molecule has 3 heteroatoms. The van der Waals surface area contributed by atoms with Crippen LogP contribution in [0.25, 0.3) is 0 Å². The summed E-state index contributed by atoms with van der Waals surface area (Å²) in [7, 11) is 0. The summed E-state index contributed by atoms with van der Waals surface area (Å²) >= 11 is 3.21. The number of allylic oxidation sites excluding steroid dienone is 1. The lowest BCUT2D eigenvalue weighted by molar-refractivity contribution is -0.142. The first-order valence-corrected chi connectivity index (χ1v) is 3.96. The average Bonchev–Trinajstić information content (AvgIpc) is 1.88. The molecule has 0 unspecified atom stereocenters. The lowest BCUT2D eigenvalue weighted by Crippen LogP contribution is -2.02. The minimum atomic E-state index is -0.188. The predicted molar refractivity (Wildman–Crippen MR) is 43.9 cm³/mol. The minimum Gasteiger partial charge on any atom is -0.466 e. The zero-order valence-corrected chi connectivity index (χ0v) is 7.77. The second-order valence-corrected chi connectivity index (χ2v) is 2.74. The van der Waals surface area contributed by atoms with E-state index in [2.05, 4.69) is 15.9 Å². The summed E-state index contributed by atoms with van der Waals surface area (Å²) in [6.45, 7) is 4.10. The Morgan fingerprint density at radius 2 is 2.30 bits per heavy atom. The zero-order chi connectivity index (χ0) is 7.98. The molecule has 0 amide bonds. The van der Waals surface area contributed by atoms with Crippen molar-refractivity contribution in [3.05, 3.63) is 10.6 Å². The van der Waals surface area contributed by atoms with E-state index in [1.165, 1.54) is 0 Å². The van der Waals surface area contributed by atoms with E-state index in [0.717, 1.165) is 4.48 Å². The molecule has 0 fully saturated rings. The molecule has 0 radical (unpaired) electrons. The van der Waals surface area contributed by atoms with Crippen LogP contribution < -0.4 is 0 Å². The summed E-state index contributed by atoms with van der Waals surface area (Å²) in [4.78, 5) is 10.7. The van der Waals surface area contributed by atoms with Crippen molar-refractivity contribution in [2.24, 2.45) is 0 Å². The molecule has 0 aliphatic carbocycles. The largest absolute Gasteiger partial charge is 0.466 e. The molecule has 0 aromatic heterocycles. The van der Waals surface area contributed by atoms with Gasteiger partial charge >= 0.3 is 5.97 Å². The van der Waals surface area contributed by atoms with Crippen molar-refractivity contribution in [3.8, 4) is 0 Å². The van der Waals surface area contributed by atoms with Crippen LogP contribution in [0.15, 0.2) is 10.6 Å². The highest BCUT2D eigenvalue weighted by atomic mass is 79.9. The van der Waals surface area contributed by atoms with Gasteiger partial charge in [-0.25, -0.2) is 0 Å². The summed E-state index contributed by atoms with van der Waals surface area (Å²) in [6.07, 6.45) is 2.17. The zero-order valence-electron chi connectivity index (χ0n) is 6.19. The van der Waals surface area contributed by atoms with E-state index in [1.807, 2.05) is 13.0 Å². The van der Waals surface area contributed by atoms with Gasteiger partial charge in [-0.05, 0) is 13.8 Å². The van der Waals surface area contributed by atoms with Crippen LogP contribution in [0.3, 0.4) is 0 Å². The quantitative estimate of drug-likeness (QED) is 0.663. The Bertz CT molecular complexity index is 141. The number of halogens is 1. The molecule has 0 heterocycles. The van der Waals surface area contributed by atoms with E-state index in [-0.39, 0.29) is 5.97 Å². The fraction of sp³-hybridized carbons (Fsp3) is 0.571. The van der Waals surface area contributed by atoms with E-state index in [4.69, 9.17) is 4.74 Å². The van der Waals surface area contributed by atoms with Crippen molar-refractivity contribution >= 4 is 21.9 Å². The van der Waals surface area contributed by atoms with Crippen molar-refractivity contribution in [1.82, 2.24) is 0 Å². The van der Waals surface area contributed by atoms with Crippen molar-refractivity contribution < 1.29 is 9.53 Å². The number of esters is 1. The van der Waals surface area contributed by atoms with E-state index >= 15 is 0 Å². The normalized spacial score (nSPS) is 11.3. The molecule has 10 heavy (non-hydrogen) atoms. The summed E-state index contributed by atoms with van der Waals surface area (Å²) in [5, 5.41) is 0. The van der Waals surface area contributed by atoms with Crippen LogP contribution in [-0.2, 0) is 9.53 Å². The third-order valence-corrected chi connectivity index (χ3v) is 1.67. The van der Waals surface area contributed by atoms with Crippen LogP contribution in [0.5, 0.6) is 0 Å². The van der Waals surface area contributed by atoms with Crippen molar-refractivity contribution in [3.63, 3.8) is 0 Å². The van der Waals surface area contributed by atoms with Crippen LogP contribution in [-0.4, -0.2) is 12.6 Å². The Morgan fingerprint density at radius 3 is 2.70 bits per heavy atom. The maximum absolute atomic E-state index is 10.7. The van der Waals surface area contributed by atoms with Gasteiger partial charge in [0, 0.05) is 4.48 Å². The number of carbonyl (C=O) groups is 1. The molecule has 0 aliphatic rings. The topological polar surface area (TPSA) is 26.3 Å². The predicted octanol–water partition coefficient (Wildman–Crippen LogP) is 2.24. The maximum atomic E-state index is 10.7. The van der Waals surface area contributed by atoms with Crippen LogP contribution >= 0.6 is 15.9 Å². The Hall–Kier alpha value is -0.310. The van der Waals surface area contributed by atoms with Gasteiger partial charge in [-0.15, -0.1) is 0 Å². The molecule has 0 saturated carbocycles. The van der Waals surface area contributed by atoms with Gasteiger partial charge < -0.3 is 4.74 Å². The fourth-order valence-corrected chi connectivity index (χ4v) is 0.681. The third kappa shape index (κ3) is 4.56. The van der Waals surface area contributed by atoms with Crippen LogP contribution in [0.4, 0.5) is 0 Å². The highest BCUT2D eigenvalue weighted by molar-refractivity contribution is 9.11. The van der Waals surface area contributed by atoms with Crippen LogP contribution in [0, 0.1) is 0 Å². The maximum Gasteiger partial charge on any atom is 0.310 e. The molecular weight excluding hydrogens is 196 g/mol. The minimum absolute atomic E-state index is 0.188. The van der Waals surface area contributed by atoms with E-state index in [1.54, 1.807) is 6.92 Å². The standard InChI is InChI=1S/C7H11BrO2/c1-3-6(8)5-7(9)10-4-2/h3H,4-5H2,1-2H3/b6-3+. The number of hydrogen-bond acceptors (Lipinski definition) is 2. The molecular formula is C7H11BrO2. The summed E-state index contributed by atoms with van der Waals surface area (Å²) < 4.78 is 5.57. The van der Waals surface area contributed by atoms with Gasteiger partial charge in [0.1, 0.15) is 0 Å². The molecule has 0 atom stereocenters. The second kappa shape index (κ2) is 5.47. The number of carbonyl (C=O) groups excluding carboxylic acids is 1. The van der Waals surface area contributed by atoms with Crippen molar-refractivity contribution in [1.29, 1.82) is 0 Å². The Morgan fingerprint density at radius 1 is 1.70 bits per heavy atom. The smallest absolute Gasteiger partial charge is 0.310 e. The van der Waals surface area contributed by atoms with Gasteiger partial charge in [-0.3, -0.25) is 4.79 Å². The van der Waals surface area contributed by atoms with Crippen molar-refractivity contribution in [2.45, 2.75) is 20.3 Å². The first-order chi connectivity index (χ1) is 4.70. The van der Waals surface area contributed by atoms with Crippen LogP contribution in [0.2, 0.25) is 0 Å². The Balaban J connectivity index is 3.58. The van der Waals surface area contributed by atoms with E-state index in [9.17, 15) is 4.79 Å². The molecule has 0 saturated heterocycles. The van der Waals surface area contributed by atoms with Gasteiger partial charge in [0.15, 0.2) is 0 Å². The van der Waals surface area contributed by atoms with Gasteiger partial charge in [-0.1, -0.05) is 22.0 Å². The molecule has 2 nitrogen and oxygen atoms in total. The number of ether oxygens (including phenoxy) is 1. The Labute approximate surface area is 69.4 Å². The molecule has 0 aromatic rings. The summed E-state index contributed by atoms with van der Waals surface area (Å²) in [5.74, 6) is -0.188. The van der Waals surface area contributed by atoms with Gasteiger partial charge in [0.05, 0.1) is 13.0 Å². The Kier molecular flexibility index (Phi) is 5.30. The third-order valence-electron chi connectivity index (χ3n) is 0.932. The SMILES string of the molecule is C/C=C(/Br)CC(=O)OCC. The molecule has 0 aromatic carbocycles. The lowest BCUT2D eigenvalue weighted by atomic mass is 10.4. The second-order valence-electron chi connectivity index (χ2n) is 1.72. The van der Waals surface area contributed by atoms with Gasteiger partial charge in [0.2, 0.25) is 0 Å². The fourth-order valence-electron chi connectivity index (χ4n) is 0.452. The highest BCUT2D eigenvalue weighted by Gasteiger charge is 2.01. The lowest BCUT2D eigenvalue weighted by Gasteiger charge is -1.98. The molecule has 0 aliphatic heterocycles. The van der Waals surface area contributed by atoms with Crippen LogP contribution in [0.1, 0.15) is 20.3 Å². The molecule has 0 bridgehead atoms. The number of rotatable bonds is 3.